The first-order valence-electron chi connectivity index (χ1n) is 10.4. The van der Waals surface area contributed by atoms with Gasteiger partial charge in [-0.3, -0.25) is 14.4 Å². The zero-order chi connectivity index (χ0) is 23.1. The highest BCUT2D eigenvalue weighted by Gasteiger charge is 2.48. The molecule has 0 unspecified atom stereocenters. The second-order valence-corrected chi connectivity index (χ2v) is 8.63. The Morgan fingerprint density at radius 1 is 1.03 bits per heavy atom. The van der Waals surface area contributed by atoms with Crippen molar-refractivity contribution in [2.75, 3.05) is 0 Å². The third-order valence-electron chi connectivity index (χ3n) is 6.65. The van der Waals surface area contributed by atoms with Crippen LogP contribution in [-0.2, 0) is 23.8 Å². The third kappa shape index (κ3) is 2.83. The Bertz CT molecular complexity index is 1080. The molecule has 2 fully saturated rings. The lowest BCUT2D eigenvalue weighted by atomic mass is 9.79. The monoisotopic (exact) mass is 446 g/mol. The van der Waals surface area contributed by atoms with Crippen LogP contribution >= 0.6 is 0 Å². The summed E-state index contributed by atoms with van der Waals surface area (Å²) in [5, 5.41) is 42.0. The number of ether oxygens (including phenoxy) is 3. The number of aliphatic hydroxyl groups is 3. The number of esters is 1. The lowest BCUT2D eigenvalue weighted by Crippen LogP contribution is -2.49. The molecule has 10 nitrogen and oxygen atoms in total. The third-order valence-corrected chi connectivity index (χ3v) is 6.65. The molecule has 0 amide bonds. The SMILES string of the molecule is C[C@@H]1O[C@@H]2CC(=O)O[C@@H]2c2cc3c(c(O)c21)C(=O)C(=O)C([C@@H]1C[C@H](O)[C@@H](O)[C@H](C)O1)=C3O. The number of Topliss-reactive ketones (excluding diaryl/α,β-unsaturated/α-hetero) is 2. The van der Waals surface area contributed by atoms with Crippen LogP contribution in [0.4, 0.5) is 0 Å². The summed E-state index contributed by atoms with van der Waals surface area (Å²) in [5.74, 6) is -3.66. The zero-order valence-electron chi connectivity index (χ0n) is 17.3. The Hall–Kier alpha value is -2.79. The molecule has 4 N–H and O–H groups in total. The van der Waals surface area contributed by atoms with E-state index in [1.165, 1.54) is 13.0 Å². The van der Waals surface area contributed by atoms with Crippen molar-refractivity contribution in [3.63, 3.8) is 0 Å². The number of carbonyl (C=O) groups is 3. The van der Waals surface area contributed by atoms with E-state index < -0.39 is 71.8 Å². The Balaban J connectivity index is 1.67. The molecule has 4 aliphatic rings. The summed E-state index contributed by atoms with van der Waals surface area (Å²) >= 11 is 0. The summed E-state index contributed by atoms with van der Waals surface area (Å²) in [4.78, 5) is 37.7. The van der Waals surface area contributed by atoms with Gasteiger partial charge in [0.15, 0.2) is 6.10 Å². The quantitative estimate of drug-likeness (QED) is 0.358. The molecule has 10 heteroatoms. The number of aliphatic hydroxyl groups excluding tert-OH is 3. The van der Waals surface area contributed by atoms with Gasteiger partial charge in [0.05, 0.1) is 42.0 Å². The molecule has 1 aliphatic carbocycles. The largest absolute Gasteiger partial charge is 0.507 e. The average Bonchev–Trinajstić information content (AvgIpc) is 3.10. The highest BCUT2D eigenvalue weighted by Crippen LogP contribution is 2.50. The standard InChI is InChI=1S/C22H22O10/c1-6-14-9(22-12(30-6)5-13(24)32-22)3-8-15(19(14)27)20(28)21(29)16(18(8)26)11-4-10(23)17(25)7(2)31-11/h3,6-7,10-12,17,22-23,25-27H,4-5H2,1-2H3/t6-,7-,10-,11-,12+,17-,22+/m0/s1. The van der Waals surface area contributed by atoms with Crippen molar-refractivity contribution < 1.29 is 49.0 Å². The van der Waals surface area contributed by atoms with Gasteiger partial charge in [-0.1, -0.05) is 0 Å². The summed E-state index contributed by atoms with van der Waals surface area (Å²) in [6, 6.07) is 1.43. The topological polar surface area (TPSA) is 160 Å². The minimum Gasteiger partial charge on any atom is -0.507 e. The molecular formula is C22H22O10. The van der Waals surface area contributed by atoms with E-state index >= 15 is 0 Å². The van der Waals surface area contributed by atoms with Crippen LogP contribution in [0.15, 0.2) is 11.6 Å². The molecule has 2 saturated heterocycles. The summed E-state index contributed by atoms with van der Waals surface area (Å²) < 4.78 is 16.7. The van der Waals surface area contributed by atoms with Crippen molar-refractivity contribution >= 4 is 23.3 Å². The highest BCUT2D eigenvalue weighted by atomic mass is 16.6. The van der Waals surface area contributed by atoms with Gasteiger partial charge in [0, 0.05) is 23.1 Å². The van der Waals surface area contributed by atoms with Crippen LogP contribution in [0.25, 0.3) is 5.76 Å². The summed E-state index contributed by atoms with van der Waals surface area (Å²) in [5.41, 5.74) is -0.193. The van der Waals surface area contributed by atoms with Gasteiger partial charge >= 0.3 is 5.97 Å². The van der Waals surface area contributed by atoms with E-state index in [-0.39, 0.29) is 35.1 Å². The van der Waals surface area contributed by atoms with Gasteiger partial charge in [-0.2, -0.15) is 0 Å². The van der Waals surface area contributed by atoms with E-state index in [2.05, 4.69) is 0 Å². The number of benzene rings is 1. The number of phenols is 1. The number of fused-ring (bicyclic) bond motifs is 4. The minimum atomic E-state index is -1.22. The molecule has 5 rings (SSSR count). The Morgan fingerprint density at radius 3 is 2.44 bits per heavy atom. The molecule has 0 saturated carbocycles. The van der Waals surface area contributed by atoms with E-state index in [9.17, 15) is 34.8 Å². The highest BCUT2D eigenvalue weighted by molar-refractivity contribution is 6.53. The predicted molar refractivity (Wildman–Crippen MR) is 105 cm³/mol. The van der Waals surface area contributed by atoms with Crippen LogP contribution in [-0.4, -0.2) is 68.5 Å². The van der Waals surface area contributed by atoms with Crippen molar-refractivity contribution in [3.8, 4) is 5.75 Å². The van der Waals surface area contributed by atoms with Crippen LogP contribution in [0, 0.1) is 0 Å². The van der Waals surface area contributed by atoms with Gasteiger partial charge in [0.2, 0.25) is 11.6 Å². The second-order valence-electron chi connectivity index (χ2n) is 8.63. The Morgan fingerprint density at radius 2 is 1.75 bits per heavy atom. The maximum atomic E-state index is 13.0. The number of rotatable bonds is 1. The summed E-state index contributed by atoms with van der Waals surface area (Å²) in [6.07, 6.45) is -6.63. The van der Waals surface area contributed by atoms with Crippen molar-refractivity contribution in [2.45, 2.75) is 69.4 Å². The number of phenolic OH excluding ortho intramolecular Hbond substituents is 1. The first-order chi connectivity index (χ1) is 15.1. The lowest BCUT2D eigenvalue weighted by molar-refractivity contribution is -0.153. The molecule has 1 aromatic carbocycles. The molecule has 0 radical (unpaired) electrons. The number of ketones is 2. The molecular weight excluding hydrogens is 424 g/mol. The van der Waals surface area contributed by atoms with E-state index in [4.69, 9.17) is 14.2 Å². The minimum absolute atomic E-state index is 0.0325. The van der Waals surface area contributed by atoms with E-state index in [0.717, 1.165) is 0 Å². The number of hydrogen-bond acceptors (Lipinski definition) is 10. The first kappa shape index (κ1) is 21.1. The number of carbonyl (C=O) groups excluding carboxylic acids is 3. The molecule has 3 aliphatic heterocycles. The fraction of sp³-hybridized carbons (Fsp3) is 0.500. The van der Waals surface area contributed by atoms with Crippen molar-refractivity contribution in [1.29, 1.82) is 0 Å². The molecule has 1 aromatic rings. The Labute approximate surface area is 182 Å². The number of hydrogen-bond donors (Lipinski definition) is 4. The van der Waals surface area contributed by atoms with E-state index in [1.54, 1.807) is 6.92 Å². The smallest absolute Gasteiger partial charge is 0.309 e. The first-order valence-corrected chi connectivity index (χ1v) is 10.4. The maximum Gasteiger partial charge on any atom is 0.309 e. The van der Waals surface area contributed by atoms with Crippen LogP contribution in [0.2, 0.25) is 0 Å². The van der Waals surface area contributed by atoms with Crippen LogP contribution in [0.1, 0.15) is 65.9 Å². The van der Waals surface area contributed by atoms with Gasteiger partial charge < -0.3 is 34.6 Å². The molecule has 0 bridgehead atoms. The fourth-order valence-electron chi connectivity index (χ4n) is 5.07. The Kier molecular flexibility index (Phi) is 4.68. The van der Waals surface area contributed by atoms with Crippen LogP contribution < -0.4 is 0 Å². The lowest BCUT2D eigenvalue weighted by Gasteiger charge is -2.37. The average molecular weight is 446 g/mol. The molecule has 32 heavy (non-hydrogen) atoms. The van der Waals surface area contributed by atoms with Crippen molar-refractivity contribution in [1.82, 2.24) is 0 Å². The normalized spacial score (nSPS) is 36.5. The van der Waals surface area contributed by atoms with E-state index in [1.807, 2.05) is 0 Å². The zero-order valence-corrected chi connectivity index (χ0v) is 17.3. The van der Waals surface area contributed by atoms with Crippen molar-refractivity contribution in [3.05, 3.63) is 33.9 Å². The second kappa shape index (κ2) is 7.11. The van der Waals surface area contributed by atoms with Gasteiger partial charge in [0.1, 0.15) is 23.7 Å². The maximum absolute atomic E-state index is 13.0. The summed E-state index contributed by atoms with van der Waals surface area (Å²) in [6.45, 7) is 3.14. The van der Waals surface area contributed by atoms with Gasteiger partial charge in [0.25, 0.3) is 0 Å². The molecule has 7 atom stereocenters. The summed E-state index contributed by atoms with van der Waals surface area (Å²) in [7, 11) is 0. The van der Waals surface area contributed by atoms with E-state index in [0.29, 0.717) is 5.56 Å². The van der Waals surface area contributed by atoms with Crippen LogP contribution in [0.3, 0.4) is 0 Å². The molecule has 0 aromatic heterocycles. The van der Waals surface area contributed by atoms with Gasteiger partial charge in [-0.15, -0.1) is 0 Å². The molecule has 0 spiro atoms. The predicted octanol–water partition coefficient (Wildman–Crippen LogP) is 0.774. The van der Waals surface area contributed by atoms with Gasteiger partial charge in [-0.05, 0) is 19.9 Å². The fourth-order valence-corrected chi connectivity index (χ4v) is 5.07. The number of aromatic hydroxyl groups is 1. The van der Waals surface area contributed by atoms with Crippen molar-refractivity contribution in [2.24, 2.45) is 0 Å². The van der Waals surface area contributed by atoms with Crippen LogP contribution in [0.5, 0.6) is 5.75 Å². The van der Waals surface area contributed by atoms with Gasteiger partial charge in [-0.25, -0.2) is 0 Å². The molecule has 3 heterocycles. The molecule has 170 valence electrons.